The average Bonchev–Trinajstić information content (AvgIpc) is 3.01. The highest BCUT2D eigenvalue weighted by Crippen LogP contribution is 2.22. The molecular formula is C17H32N4O2. The molecule has 3 fully saturated rings. The molecule has 3 aliphatic heterocycles. The fourth-order valence-electron chi connectivity index (χ4n) is 4.01. The fourth-order valence-corrected chi connectivity index (χ4v) is 4.01. The van der Waals surface area contributed by atoms with Crippen molar-refractivity contribution < 1.29 is 9.53 Å². The number of piperidine rings is 1. The van der Waals surface area contributed by atoms with Crippen molar-refractivity contribution in [3.8, 4) is 0 Å². The third kappa shape index (κ3) is 4.58. The summed E-state index contributed by atoms with van der Waals surface area (Å²) < 4.78 is 5.88. The quantitative estimate of drug-likeness (QED) is 0.811. The van der Waals surface area contributed by atoms with Crippen LogP contribution in [0.25, 0.3) is 0 Å². The van der Waals surface area contributed by atoms with Gasteiger partial charge < -0.3 is 20.3 Å². The van der Waals surface area contributed by atoms with Crippen LogP contribution in [0.1, 0.15) is 39.5 Å². The van der Waals surface area contributed by atoms with E-state index in [9.17, 15) is 4.79 Å². The zero-order valence-corrected chi connectivity index (χ0v) is 14.6. The number of hydrogen-bond donors (Lipinski definition) is 2. The number of rotatable bonds is 4. The maximum Gasteiger partial charge on any atom is 0.315 e. The molecule has 0 saturated carbocycles. The summed E-state index contributed by atoms with van der Waals surface area (Å²) in [6, 6.07) is 1.48. The van der Waals surface area contributed by atoms with E-state index in [1.54, 1.807) is 0 Å². The van der Waals surface area contributed by atoms with Crippen molar-refractivity contribution in [3.63, 3.8) is 0 Å². The molecule has 2 amide bonds. The highest BCUT2D eigenvalue weighted by Gasteiger charge is 2.32. The first-order chi connectivity index (χ1) is 11.1. The molecule has 3 heterocycles. The topological polar surface area (TPSA) is 56.8 Å². The van der Waals surface area contributed by atoms with E-state index in [2.05, 4.69) is 34.3 Å². The average molecular weight is 324 g/mol. The molecule has 0 aromatic rings. The lowest BCUT2D eigenvalue weighted by molar-refractivity contribution is -0.0458. The number of carbonyl (C=O) groups is 1. The molecule has 23 heavy (non-hydrogen) atoms. The minimum absolute atomic E-state index is 0.0415. The zero-order chi connectivity index (χ0) is 16.2. The third-order valence-electron chi connectivity index (χ3n) is 5.55. The maximum atomic E-state index is 12.1. The second kappa shape index (κ2) is 7.81. The first kappa shape index (κ1) is 17.0. The number of nitrogens with one attached hydrogen (secondary N) is 2. The van der Waals surface area contributed by atoms with Gasteiger partial charge in [0.1, 0.15) is 0 Å². The Balaban J connectivity index is 1.32. The standard InChI is InChI=1S/C17H32N4O2/c1-13(2)20-8-5-14(6-9-20)19-17(22)18-10-16-11-21-7-3-4-15(21)12-23-16/h13-16H,3-12H2,1-2H3,(H2,18,19,22). The summed E-state index contributed by atoms with van der Waals surface area (Å²) in [6.45, 7) is 10.2. The summed E-state index contributed by atoms with van der Waals surface area (Å²) in [7, 11) is 0. The van der Waals surface area contributed by atoms with Gasteiger partial charge in [0.05, 0.1) is 12.7 Å². The molecule has 0 aliphatic carbocycles. The molecule has 3 rings (SSSR count). The lowest BCUT2D eigenvalue weighted by Gasteiger charge is -2.36. The van der Waals surface area contributed by atoms with Crippen LogP contribution in [0.4, 0.5) is 4.79 Å². The Bertz CT molecular complexity index is 396. The molecule has 132 valence electrons. The number of carbonyl (C=O) groups excluding carboxylic acids is 1. The van der Waals surface area contributed by atoms with Crippen molar-refractivity contribution in [1.29, 1.82) is 0 Å². The number of fused-ring (bicyclic) bond motifs is 1. The van der Waals surface area contributed by atoms with Gasteiger partial charge in [0, 0.05) is 44.3 Å². The monoisotopic (exact) mass is 324 g/mol. The number of nitrogens with zero attached hydrogens (tertiary/aromatic N) is 2. The zero-order valence-electron chi connectivity index (χ0n) is 14.6. The fraction of sp³-hybridized carbons (Fsp3) is 0.941. The highest BCUT2D eigenvalue weighted by atomic mass is 16.5. The summed E-state index contributed by atoms with van der Waals surface area (Å²) in [6.07, 6.45) is 4.76. The SMILES string of the molecule is CC(C)N1CCC(NC(=O)NCC2CN3CCCC3CO2)CC1. The van der Waals surface area contributed by atoms with Crippen LogP contribution in [0.3, 0.4) is 0 Å². The van der Waals surface area contributed by atoms with Crippen molar-refractivity contribution >= 4 is 6.03 Å². The summed E-state index contributed by atoms with van der Waals surface area (Å²) in [4.78, 5) is 17.1. The minimum Gasteiger partial charge on any atom is -0.373 e. The first-order valence-corrected chi connectivity index (χ1v) is 9.26. The van der Waals surface area contributed by atoms with E-state index >= 15 is 0 Å². The minimum atomic E-state index is -0.0415. The molecule has 2 atom stereocenters. The molecular weight excluding hydrogens is 292 g/mol. The van der Waals surface area contributed by atoms with Gasteiger partial charge in [0.25, 0.3) is 0 Å². The van der Waals surface area contributed by atoms with Gasteiger partial charge in [0.2, 0.25) is 0 Å². The van der Waals surface area contributed by atoms with Gasteiger partial charge in [-0.25, -0.2) is 4.79 Å². The van der Waals surface area contributed by atoms with Gasteiger partial charge in [0.15, 0.2) is 0 Å². The Morgan fingerprint density at radius 2 is 2.00 bits per heavy atom. The largest absolute Gasteiger partial charge is 0.373 e. The van der Waals surface area contributed by atoms with Crippen molar-refractivity contribution in [2.45, 2.75) is 63.8 Å². The molecule has 6 heteroatoms. The second-order valence-electron chi connectivity index (χ2n) is 7.50. The van der Waals surface area contributed by atoms with Crippen molar-refractivity contribution in [3.05, 3.63) is 0 Å². The van der Waals surface area contributed by atoms with E-state index in [1.807, 2.05) is 0 Å². The Kier molecular flexibility index (Phi) is 5.77. The van der Waals surface area contributed by atoms with E-state index in [-0.39, 0.29) is 12.1 Å². The Morgan fingerprint density at radius 3 is 2.74 bits per heavy atom. The first-order valence-electron chi connectivity index (χ1n) is 9.26. The van der Waals surface area contributed by atoms with Crippen LogP contribution >= 0.6 is 0 Å². The van der Waals surface area contributed by atoms with Gasteiger partial charge >= 0.3 is 6.03 Å². The third-order valence-corrected chi connectivity index (χ3v) is 5.55. The van der Waals surface area contributed by atoms with E-state index in [1.165, 1.54) is 19.4 Å². The summed E-state index contributed by atoms with van der Waals surface area (Å²) in [5.74, 6) is 0. The number of ether oxygens (including phenoxy) is 1. The molecule has 0 bridgehead atoms. The molecule has 3 aliphatic rings. The molecule has 0 radical (unpaired) electrons. The number of urea groups is 1. The number of hydrogen-bond acceptors (Lipinski definition) is 4. The normalized spacial score (nSPS) is 30.4. The van der Waals surface area contributed by atoms with Crippen LogP contribution < -0.4 is 10.6 Å². The van der Waals surface area contributed by atoms with Crippen molar-refractivity contribution in [2.24, 2.45) is 0 Å². The smallest absolute Gasteiger partial charge is 0.315 e. The summed E-state index contributed by atoms with van der Waals surface area (Å²) >= 11 is 0. The van der Waals surface area contributed by atoms with Gasteiger partial charge in [-0.2, -0.15) is 0 Å². The lowest BCUT2D eigenvalue weighted by Crippen LogP contribution is -2.53. The molecule has 6 nitrogen and oxygen atoms in total. The summed E-state index contributed by atoms with van der Waals surface area (Å²) in [5, 5.41) is 6.12. The van der Waals surface area contributed by atoms with Gasteiger partial charge in [-0.05, 0) is 46.1 Å². The summed E-state index contributed by atoms with van der Waals surface area (Å²) in [5.41, 5.74) is 0. The Hall–Kier alpha value is -0.850. The Morgan fingerprint density at radius 1 is 1.22 bits per heavy atom. The molecule has 2 unspecified atom stereocenters. The number of morpholine rings is 1. The predicted molar refractivity (Wildman–Crippen MR) is 90.6 cm³/mol. The van der Waals surface area contributed by atoms with Crippen LogP contribution in [-0.2, 0) is 4.74 Å². The molecule has 2 N–H and O–H groups in total. The predicted octanol–water partition coefficient (Wildman–Crippen LogP) is 1.02. The Labute approximate surface area is 139 Å². The number of amides is 2. The van der Waals surface area contributed by atoms with E-state index in [0.29, 0.717) is 24.7 Å². The van der Waals surface area contributed by atoms with Crippen LogP contribution in [0.2, 0.25) is 0 Å². The van der Waals surface area contributed by atoms with Crippen molar-refractivity contribution in [2.75, 3.05) is 39.3 Å². The van der Waals surface area contributed by atoms with Gasteiger partial charge in [-0.1, -0.05) is 0 Å². The lowest BCUT2D eigenvalue weighted by atomic mass is 10.0. The molecule has 3 saturated heterocycles. The van der Waals surface area contributed by atoms with Crippen molar-refractivity contribution in [1.82, 2.24) is 20.4 Å². The maximum absolute atomic E-state index is 12.1. The van der Waals surface area contributed by atoms with Crippen LogP contribution in [0.15, 0.2) is 0 Å². The highest BCUT2D eigenvalue weighted by molar-refractivity contribution is 5.74. The second-order valence-corrected chi connectivity index (χ2v) is 7.50. The van der Waals surface area contributed by atoms with Crippen LogP contribution in [0.5, 0.6) is 0 Å². The van der Waals surface area contributed by atoms with E-state index in [0.717, 1.165) is 39.1 Å². The van der Waals surface area contributed by atoms with E-state index < -0.39 is 0 Å². The van der Waals surface area contributed by atoms with Gasteiger partial charge in [-0.15, -0.1) is 0 Å². The number of likely N-dealkylation sites (tertiary alicyclic amines) is 1. The van der Waals surface area contributed by atoms with Crippen LogP contribution in [-0.4, -0.2) is 79.4 Å². The van der Waals surface area contributed by atoms with Gasteiger partial charge in [-0.3, -0.25) is 4.90 Å². The molecule has 0 aromatic heterocycles. The molecule has 0 spiro atoms. The molecule has 0 aromatic carbocycles. The van der Waals surface area contributed by atoms with Crippen LogP contribution in [0, 0.1) is 0 Å². The van der Waals surface area contributed by atoms with E-state index in [4.69, 9.17) is 4.74 Å².